The van der Waals surface area contributed by atoms with Crippen LogP contribution >= 0.6 is 0 Å². The predicted octanol–water partition coefficient (Wildman–Crippen LogP) is 6.55. The molecule has 5 nitrogen and oxygen atoms in total. The Balaban J connectivity index is 1.39. The van der Waals surface area contributed by atoms with Gasteiger partial charge in [-0.2, -0.15) is 18.2 Å². The van der Waals surface area contributed by atoms with Gasteiger partial charge >= 0.3 is 6.18 Å². The normalized spacial score (nSPS) is 11.6. The summed E-state index contributed by atoms with van der Waals surface area (Å²) >= 11 is 0. The Morgan fingerprint density at radius 1 is 0.788 bits per heavy atom. The Hall–Kier alpha value is -4.20. The summed E-state index contributed by atoms with van der Waals surface area (Å²) in [6.45, 7) is 0.0445. The highest BCUT2D eigenvalue weighted by Gasteiger charge is 2.30. The molecule has 2 heterocycles. The van der Waals surface area contributed by atoms with Gasteiger partial charge in [0.15, 0.2) is 18.2 Å². The number of para-hydroxylation sites is 1. The van der Waals surface area contributed by atoms with Gasteiger partial charge < -0.3 is 9.26 Å². The molecule has 0 N–H and O–H groups in total. The standard InChI is InChI=1S/C25H16F3N3O2/c26-25(27,28)18-12-10-16(11-13-18)22-14-19(33-31-22)15-32-24-20-8-4-5-9-21(20)29-23(30-24)17-6-2-1-3-7-17/h1-14H,15H2. The minimum atomic E-state index is -4.39. The van der Waals surface area contributed by atoms with Crippen molar-refractivity contribution in [1.82, 2.24) is 15.1 Å². The summed E-state index contributed by atoms with van der Waals surface area (Å²) in [7, 11) is 0. The van der Waals surface area contributed by atoms with Gasteiger partial charge in [-0.1, -0.05) is 59.8 Å². The third-order valence-corrected chi connectivity index (χ3v) is 5.02. The highest BCUT2D eigenvalue weighted by Crippen LogP contribution is 2.31. The Morgan fingerprint density at radius 2 is 1.52 bits per heavy atom. The topological polar surface area (TPSA) is 61.0 Å². The van der Waals surface area contributed by atoms with Crippen molar-refractivity contribution in [2.45, 2.75) is 12.8 Å². The van der Waals surface area contributed by atoms with Crippen LogP contribution in [0.5, 0.6) is 5.88 Å². The largest absolute Gasteiger partial charge is 0.469 e. The first-order chi connectivity index (χ1) is 16.0. The first-order valence-electron chi connectivity index (χ1n) is 10.1. The highest BCUT2D eigenvalue weighted by atomic mass is 19.4. The lowest BCUT2D eigenvalue weighted by atomic mass is 10.1. The first kappa shape index (κ1) is 20.7. The molecule has 5 rings (SSSR count). The second-order valence-electron chi connectivity index (χ2n) is 7.28. The molecule has 0 spiro atoms. The number of hydrogen-bond donors (Lipinski definition) is 0. The summed E-state index contributed by atoms with van der Waals surface area (Å²) in [6.07, 6.45) is -4.39. The summed E-state index contributed by atoms with van der Waals surface area (Å²) in [5.74, 6) is 1.34. The van der Waals surface area contributed by atoms with E-state index in [9.17, 15) is 13.2 Å². The van der Waals surface area contributed by atoms with Crippen LogP contribution in [0.25, 0.3) is 33.5 Å². The number of halogens is 3. The molecular formula is C25H16F3N3O2. The second-order valence-corrected chi connectivity index (χ2v) is 7.28. The monoisotopic (exact) mass is 447 g/mol. The van der Waals surface area contributed by atoms with Crippen molar-refractivity contribution < 1.29 is 22.4 Å². The van der Waals surface area contributed by atoms with Crippen molar-refractivity contribution in [2.24, 2.45) is 0 Å². The fraction of sp³-hybridized carbons (Fsp3) is 0.0800. The average Bonchev–Trinajstić information content (AvgIpc) is 3.31. The van der Waals surface area contributed by atoms with E-state index in [0.29, 0.717) is 28.7 Å². The molecule has 0 fully saturated rings. The lowest BCUT2D eigenvalue weighted by molar-refractivity contribution is -0.137. The van der Waals surface area contributed by atoms with Crippen LogP contribution < -0.4 is 4.74 Å². The van der Waals surface area contributed by atoms with Gasteiger partial charge in [0.2, 0.25) is 5.88 Å². The molecule has 2 aromatic heterocycles. The maximum Gasteiger partial charge on any atom is 0.416 e. The number of hydrogen-bond acceptors (Lipinski definition) is 5. The zero-order valence-electron chi connectivity index (χ0n) is 17.1. The zero-order chi connectivity index (χ0) is 22.8. The highest BCUT2D eigenvalue weighted by molar-refractivity contribution is 5.85. The Labute approximate surface area is 186 Å². The lowest BCUT2D eigenvalue weighted by Gasteiger charge is -2.09. The van der Waals surface area contributed by atoms with Crippen molar-refractivity contribution in [1.29, 1.82) is 0 Å². The van der Waals surface area contributed by atoms with Crippen molar-refractivity contribution in [3.63, 3.8) is 0 Å². The van der Waals surface area contributed by atoms with E-state index in [2.05, 4.69) is 15.1 Å². The predicted molar refractivity (Wildman–Crippen MR) is 116 cm³/mol. The fourth-order valence-corrected chi connectivity index (χ4v) is 3.36. The van der Waals surface area contributed by atoms with Crippen LogP contribution in [0.2, 0.25) is 0 Å². The molecule has 0 radical (unpaired) electrons. The maximum absolute atomic E-state index is 12.8. The Morgan fingerprint density at radius 3 is 2.27 bits per heavy atom. The molecular weight excluding hydrogens is 431 g/mol. The van der Waals surface area contributed by atoms with Crippen molar-refractivity contribution in [2.75, 3.05) is 0 Å². The molecule has 0 aliphatic carbocycles. The summed E-state index contributed by atoms with van der Waals surface area (Å²) in [5.41, 5.74) is 1.81. The van der Waals surface area contributed by atoms with Gasteiger partial charge in [0.1, 0.15) is 5.69 Å². The van der Waals surface area contributed by atoms with Crippen molar-refractivity contribution in [3.8, 4) is 28.5 Å². The number of nitrogens with zero attached hydrogens (tertiary/aromatic N) is 3. The maximum atomic E-state index is 12.8. The van der Waals surface area contributed by atoms with Crippen LogP contribution in [0.4, 0.5) is 13.2 Å². The van der Waals surface area contributed by atoms with Gasteiger partial charge in [-0.25, -0.2) is 4.98 Å². The Bertz CT molecular complexity index is 1400. The van der Waals surface area contributed by atoms with Crippen molar-refractivity contribution in [3.05, 3.63) is 96.3 Å². The van der Waals surface area contributed by atoms with E-state index in [1.807, 2.05) is 54.6 Å². The molecule has 5 aromatic rings. The number of aromatic nitrogens is 3. The lowest BCUT2D eigenvalue weighted by Crippen LogP contribution is -2.03. The molecule has 8 heteroatoms. The molecule has 0 aliphatic heterocycles. The summed E-state index contributed by atoms with van der Waals surface area (Å²) in [6, 6.07) is 23.4. The van der Waals surface area contributed by atoms with Gasteiger partial charge in [0.25, 0.3) is 0 Å². The molecule has 0 atom stereocenters. The van der Waals surface area contributed by atoms with E-state index in [1.54, 1.807) is 6.07 Å². The van der Waals surface area contributed by atoms with Gasteiger partial charge in [-0.05, 0) is 24.3 Å². The van der Waals surface area contributed by atoms with Crippen LogP contribution in [0.15, 0.2) is 89.5 Å². The van der Waals surface area contributed by atoms with E-state index in [0.717, 1.165) is 28.6 Å². The van der Waals surface area contributed by atoms with Gasteiger partial charge in [-0.3, -0.25) is 0 Å². The van der Waals surface area contributed by atoms with Crippen LogP contribution in [-0.4, -0.2) is 15.1 Å². The molecule has 0 aliphatic rings. The van der Waals surface area contributed by atoms with Crippen LogP contribution in [-0.2, 0) is 12.8 Å². The average molecular weight is 447 g/mol. The van der Waals surface area contributed by atoms with Gasteiger partial charge in [-0.15, -0.1) is 0 Å². The number of benzene rings is 3. The van der Waals surface area contributed by atoms with E-state index < -0.39 is 11.7 Å². The summed E-state index contributed by atoms with van der Waals surface area (Å²) < 4.78 is 49.6. The minimum absolute atomic E-state index is 0.0445. The zero-order valence-corrected chi connectivity index (χ0v) is 17.1. The van der Waals surface area contributed by atoms with Gasteiger partial charge in [0.05, 0.1) is 16.5 Å². The molecule has 0 amide bonds. The van der Waals surface area contributed by atoms with E-state index in [1.165, 1.54) is 12.1 Å². The van der Waals surface area contributed by atoms with Gasteiger partial charge in [0, 0.05) is 17.2 Å². The number of ether oxygens (including phenoxy) is 1. The molecule has 33 heavy (non-hydrogen) atoms. The third-order valence-electron chi connectivity index (χ3n) is 5.02. The number of alkyl halides is 3. The van der Waals surface area contributed by atoms with E-state index in [4.69, 9.17) is 9.26 Å². The molecule has 164 valence electrons. The Kier molecular flexibility index (Phi) is 5.26. The van der Waals surface area contributed by atoms with E-state index >= 15 is 0 Å². The smallest absolute Gasteiger partial charge is 0.416 e. The first-order valence-corrected chi connectivity index (χ1v) is 10.1. The van der Waals surface area contributed by atoms with Crippen LogP contribution in [0, 0.1) is 0 Å². The van der Waals surface area contributed by atoms with Crippen LogP contribution in [0.3, 0.4) is 0 Å². The molecule has 3 aromatic carbocycles. The fourth-order valence-electron chi connectivity index (χ4n) is 3.36. The second kappa shape index (κ2) is 8.38. The SMILES string of the molecule is FC(F)(F)c1ccc(-c2cc(COc3nc(-c4ccccc4)nc4ccccc34)on2)cc1. The molecule has 0 bridgehead atoms. The molecule has 0 saturated heterocycles. The van der Waals surface area contributed by atoms with Crippen LogP contribution in [0.1, 0.15) is 11.3 Å². The number of rotatable bonds is 5. The van der Waals surface area contributed by atoms with Crippen molar-refractivity contribution >= 4 is 10.9 Å². The molecule has 0 saturated carbocycles. The number of fused-ring (bicyclic) bond motifs is 1. The minimum Gasteiger partial charge on any atom is -0.469 e. The summed E-state index contributed by atoms with van der Waals surface area (Å²) in [4.78, 5) is 9.20. The quantitative estimate of drug-likeness (QED) is 0.306. The van der Waals surface area contributed by atoms with E-state index in [-0.39, 0.29) is 6.61 Å². The summed E-state index contributed by atoms with van der Waals surface area (Å²) in [5, 5.41) is 4.70. The molecule has 0 unspecified atom stereocenters. The third kappa shape index (κ3) is 4.41.